The summed E-state index contributed by atoms with van der Waals surface area (Å²) in [7, 11) is 0. The lowest BCUT2D eigenvalue weighted by molar-refractivity contribution is 0.100. The standard InChI is InChI=1S/C20H16N6O/c21-19(27)15-1-5-16(6-2-15)24-20-23-10-9-18(25-20)14-3-7-17(8-4-14)26-12-11-22-13-26/h1-13H,(H2,21,27)(H,23,24,25). The van der Waals surface area contributed by atoms with Crippen LogP contribution in [-0.2, 0) is 0 Å². The van der Waals surface area contributed by atoms with Crippen molar-refractivity contribution in [1.29, 1.82) is 0 Å². The minimum atomic E-state index is -0.459. The highest BCUT2D eigenvalue weighted by Crippen LogP contribution is 2.21. The Balaban J connectivity index is 1.54. The summed E-state index contributed by atoms with van der Waals surface area (Å²) in [5.74, 6) is 0.0111. The molecule has 4 rings (SSSR count). The second-order valence-corrected chi connectivity index (χ2v) is 5.85. The van der Waals surface area contributed by atoms with Crippen molar-refractivity contribution in [3.05, 3.63) is 85.1 Å². The van der Waals surface area contributed by atoms with Crippen molar-refractivity contribution in [3.8, 4) is 16.9 Å². The van der Waals surface area contributed by atoms with E-state index in [9.17, 15) is 4.79 Å². The molecule has 0 fully saturated rings. The third-order valence-electron chi connectivity index (χ3n) is 4.05. The molecule has 0 aliphatic heterocycles. The van der Waals surface area contributed by atoms with Gasteiger partial charge in [0, 0.05) is 41.1 Å². The number of hydrogen-bond acceptors (Lipinski definition) is 5. The van der Waals surface area contributed by atoms with Crippen molar-refractivity contribution in [1.82, 2.24) is 19.5 Å². The lowest BCUT2D eigenvalue weighted by Crippen LogP contribution is -2.10. The van der Waals surface area contributed by atoms with Gasteiger partial charge in [0.15, 0.2) is 0 Å². The number of rotatable bonds is 5. The van der Waals surface area contributed by atoms with E-state index in [0.717, 1.165) is 22.6 Å². The van der Waals surface area contributed by atoms with E-state index in [4.69, 9.17) is 5.73 Å². The zero-order chi connectivity index (χ0) is 18.6. The topological polar surface area (TPSA) is 98.7 Å². The maximum absolute atomic E-state index is 11.1. The molecular weight excluding hydrogens is 340 g/mol. The second kappa shape index (κ2) is 7.09. The molecule has 2 aromatic carbocycles. The Labute approximate surface area is 155 Å². The van der Waals surface area contributed by atoms with Crippen molar-refractivity contribution in [3.63, 3.8) is 0 Å². The molecule has 7 heteroatoms. The van der Waals surface area contributed by atoms with E-state index in [-0.39, 0.29) is 0 Å². The molecule has 0 radical (unpaired) electrons. The first kappa shape index (κ1) is 16.5. The number of carbonyl (C=O) groups is 1. The van der Waals surface area contributed by atoms with Crippen LogP contribution in [-0.4, -0.2) is 25.4 Å². The number of anilines is 2. The van der Waals surface area contributed by atoms with Gasteiger partial charge in [-0.3, -0.25) is 4.79 Å². The van der Waals surface area contributed by atoms with Gasteiger partial charge in [-0.15, -0.1) is 0 Å². The van der Waals surface area contributed by atoms with Crippen LogP contribution in [0.3, 0.4) is 0 Å². The Hall–Kier alpha value is -4.00. The molecule has 132 valence electrons. The summed E-state index contributed by atoms with van der Waals surface area (Å²) >= 11 is 0. The highest BCUT2D eigenvalue weighted by atomic mass is 16.1. The predicted molar refractivity (Wildman–Crippen MR) is 103 cm³/mol. The van der Waals surface area contributed by atoms with Crippen molar-refractivity contribution >= 4 is 17.5 Å². The molecule has 0 atom stereocenters. The predicted octanol–water partition coefficient (Wildman–Crippen LogP) is 3.17. The highest BCUT2D eigenvalue weighted by Gasteiger charge is 2.05. The third-order valence-corrected chi connectivity index (χ3v) is 4.05. The Bertz CT molecular complexity index is 1060. The number of amides is 1. The summed E-state index contributed by atoms with van der Waals surface area (Å²) in [6, 6.07) is 16.7. The number of imidazole rings is 1. The van der Waals surface area contributed by atoms with Crippen LogP contribution in [0.2, 0.25) is 0 Å². The van der Waals surface area contributed by atoms with Crippen LogP contribution in [0.25, 0.3) is 16.9 Å². The van der Waals surface area contributed by atoms with E-state index in [0.29, 0.717) is 11.5 Å². The molecular formula is C20H16N6O. The van der Waals surface area contributed by atoms with Crippen LogP contribution in [0.5, 0.6) is 0 Å². The Morgan fingerprint density at radius 2 is 1.74 bits per heavy atom. The molecule has 0 bridgehead atoms. The van der Waals surface area contributed by atoms with Crippen LogP contribution >= 0.6 is 0 Å². The Morgan fingerprint density at radius 1 is 0.963 bits per heavy atom. The number of nitrogens with two attached hydrogens (primary N) is 1. The van der Waals surface area contributed by atoms with Crippen LogP contribution in [0.4, 0.5) is 11.6 Å². The molecule has 0 saturated carbocycles. The zero-order valence-corrected chi connectivity index (χ0v) is 14.3. The number of carbonyl (C=O) groups excluding carboxylic acids is 1. The van der Waals surface area contributed by atoms with Gasteiger partial charge in [0.2, 0.25) is 11.9 Å². The van der Waals surface area contributed by atoms with Crippen LogP contribution in [0.1, 0.15) is 10.4 Å². The first-order chi connectivity index (χ1) is 13.2. The molecule has 2 heterocycles. The molecule has 0 aliphatic carbocycles. The molecule has 7 nitrogen and oxygen atoms in total. The molecule has 0 spiro atoms. The summed E-state index contributed by atoms with van der Waals surface area (Å²) in [6.07, 6.45) is 7.09. The minimum Gasteiger partial charge on any atom is -0.366 e. The van der Waals surface area contributed by atoms with Gasteiger partial charge in [0.05, 0.1) is 12.0 Å². The van der Waals surface area contributed by atoms with E-state index >= 15 is 0 Å². The zero-order valence-electron chi connectivity index (χ0n) is 14.3. The second-order valence-electron chi connectivity index (χ2n) is 5.85. The summed E-state index contributed by atoms with van der Waals surface area (Å²) in [5, 5.41) is 3.13. The number of benzene rings is 2. The van der Waals surface area contributed by atoms with Gasteiger partial charge in [-0.25, -0.2) is 15.0 Å². The lowest BCUT2D eigenvalue weighted by Gasteiger charge is -2.08. The third kappa shape index (κ3) is 3.67. The molecule has 3 N–H and O–H groups in total. The maximum Gasteiger partial charge on any atom is 0.248 e. The Kier molecular flexibility index (Phi) is 4.32. The monoisotopic (exact) mass is 356 g/mol. The van der Waals surface area contributed by atoms with E-state index in [1.165, 1.54) is 0 Å². The minimum absolute atomic E-state index is 0.452. The van der Waals surface area contributed by atoms with Crippen molar-refractivity contribution in [2.24, 2.45) is 5.73 Å². The van der Waals surface area contributed by atoms with E-state index in [1.54, 1.807) is 43.0 Å². The SMILES string of the molecule is NC(=O)c1ccc(Nc2nccc(-c3ccc(-n4ccnc4)cc3)n2)cc1. The highest BCUT2D eigenvalue weighted by molar-refractivity contribution is 5.93. The van der Waals surface area contributed by atoms with Gasteiger partial charge in [-0.2, -0.15) is 0 Å². The molecule has 1 amide bonds. The summed E-state index contributed by atoms with van der Waals surface area (Å²) < 4.78 is 1.94. The normalized spacial score (nSPS) is 10.5. The largest absolute Gasteiger partial charge is 0.366 e. The van der Waals surface area contributed by atoms with Crippen molar-refractivity contribution < 1.29 is 4.79 Å². The number of nitrogens with zero attached hydrogens (tertiary/aromatic N) is 4. The average Bonchev–Trinajstić information content (AvgIpc) is 3.24. The van der Waals surface area contributed by atoms with E-state index < -0.39 is 5.91 Å². The number of primary amides is 1. The number of hydrogen-bond donors (Lipinski definition) is 2. The molecule has 0 saturated heterocycles. The quantitative estimate of drug-likeness (QED) is 0.572. The first-order valence-corrected chi connectivity index (χ1v) is 8.28. The van der Waals surface area contributed by atoms with Gasteiger partial charge in [0.1, 0.15) is 0 Å². The van der Waals surface area contributed by atoms with Crippen LogP contribution in [0, 0.1) is 0 Å². The van der Waals surface area contributed by atoms with Crippen LogP contribution in [0.15, 0.2) is 79.5 Å². The van der Waals surface area contributed by atoms with E-state index in [1.807, 2.05) is 41.1 Å². The fourth-order valence-electron chi connectivity index (χ4n) is 2.64. The van der Waals surface area contributed by atoms with Gasteiger partial charge in [0.25, 0.3) is 0 Å². The molecule has 0 aliphatic rings. The van der Waals surface area contributed by atoms with Gasteiger partial charge >= 0.3 is 0 Å². The summed E-state index contributed by atoms with van der Waals surface area (Å²) in [6.45, 7) is 0. The van der Waals surface area contributed by atoms with Crippen LogP contribution < -0.4 is 11.1 Å². The smallest absolute Gasteiger partial charge is 0.248 e. The van der Waals surface area contributed by atoms with Crippen molar-refractivity contribution in [2.75, 3.05) is 5.32 Å². The van der Waals surface area contributed by atoms with E-state index in [2.05, 4.69) is 20.3 Å². The fourth-order valence-corrected chi connectivity index (χ4v) is 2.64. The first-order valence-electron chi connectivity index (χ1n) is 8.28. The Morgan fingerprint density at radius 3 is 2.41 bits per heavy atom. The number of aromatic nitrogens is 4. The maximum atomic E-state index is 11.1. The summed E-state index contributed by atoms with van der Waals surface area (Å²) in [4.78, 5) is 24.0. The van der Waals surface area contributed by atoms with Crippen molar-refractivity contribution in [2.45, 2.75) is 0 Å². The number of nitrogens with one attached hydrogen (secondary N) is 1. The van der Waals surface area contributed by atoms with Gasteiger partial charge in [-0.05, 0) is 42.5 Å². The summed E-state index contributed by atoms with van der Waals surface area (Å²) in [5.41, 5.74) is 9.29. The van der Waals surface area contributed by atoms with Gasteiger partial charge in [-0.1, -0.05) is 12.1 Å². The molecule has 2 aromatic heterocycles. The average molecular weight is 356 g/mol. The molecule has 27 heavy (non-hydrogen) atoms. The lowest BCUT2D eigenvalue weighted by atomic mass is 10.1. The molecule has 4 aromatic rings. The van der Waals surface area contributed by atoms with Gasteiger partial charge < -0.3 is 15.6 Å². The molecule has 0 unspecified atom stereocenters. The fraction of sp³-hybridized carbons (Fsp3) is 0.